The fourth-order valence-corrected chi connectivity index (χ4v) is 8.62. The minimum Gasteiger partial charge on any atom is -0.455 e. The van der Waals surface area contributed by atoms with Gasteiger partial charge in [-0.25, -0.2) is 0 Å². The number of hydrogen-bond donors (Lipinski definition) is 0. The first-order valence-electron chi connectivity index (χ1n) is 17.3. The summed E-state index contributed by atoms with van der Waals surface area (Å²) in [7, 11) is 0. The highest BCUT2D eigenvalue weighted by Gasteiger charge is 2.20. The van der Waals surface area contributed by atoms with Gasteiger partial charge in [-0.15, -0.1) is 11.3 Å². The number of anilines is 3. The molecule has 8 aromatic carbocycles. The molecule has 0 radical (unpaired) electrons. The van der Waals surface area contributed by atoms with E-state index < -0.39 is 0 Å². The quantitative estimate of drug-likeness (QED) is 0.175. The number of para-hydroxylation sites is 1. The van der Waals surface area contributed by atoms with E-state index in [1.807, 2.05) is 11.3 Å². The van der Waals surface area contributed by atoms with Crippen LogP contribution in [0.5, 0.6) is 0 Å². The topological polar surface area (TPSA) is 16.4 Å². The standard InChI is InChI=1S/C48H31NOS/c1-4-12-32(13-5-1)34-22-26-37(27-23-34)49(38-28-24-35(25-29-38)33-14-6-2-7-15-33)44-21-11-20-41-43-30-45-42(31-46(43)51-48(41)44)40-19-10-18-39(47(40)50-45)36-16-8-3-9-17-36/h1-31H. The summed E-state index contributed by atoms with van der Waals surface area (Å²) in [5.41, 5.74) is 12.3. The van der Waals surface area contributed by atoms with Crippen LogP contribution in [0.2, 0.25) is 0 Å². The molecule has 0 atom stereocenters. The molecule has 10 rings (SSSR count). The van der Waals surface area contributed by atoms with Crippen LogP contribution in [0.25, 0.3) is 75.5 Å². The molecular formula is C48H31NOS. The molecule has 2 nitrogen and oxygen atoms in total. The van der Waals surface area contributed by atoms with Crippen molar-refractivity contribution >= 4 is 70.5 Å². The Balaban J connectivity index is 1.14. The number of benzene rings is 8. The fourth-order valence-electron chi connectivity index (χ4n) is 7.39. The average Bonchev–Trinajstić information content (AvgIpc) is 3.76. The summed E-state index contributed by atoms with van der Waals surface area (Å²) in [6, 6.07) is 67.2. The van der Waals surface area contributed by atoms with E-state index in [1.54, 1.807) is 0 Å². The zero-order chi connectivity index (χ0) is 33.7. The van der Waals surface area contributed by atoms with Crippen molar-refractivity contribution in [3.05, 3.63) is 188 Å². The van der Waals surface area contributed by atoms with E-state index in [9.17, 15) is 0 Å². The number of furan rings is 1. The van der Waals surface area contributed by atoms with Crippen LogP contribution in [0, 0.1) is 0 Å². The van der Waals surface area contributed by atoms with Crippen LogP contribution in [0.3, 0.4) is 0 Å². The van der Waals surface area contributed by atoms with Crippen LogP contribution < -0.4 is 4.90 Å². The smallest absolute Gasteiger partial charge is 0.143 e. The largest absolute Gasteiger partial charge is 0.455 e. The Hall–Kier alpha value is -6.42. The average molecular weight is 670 g/mol. The number of thiophene rings is 1. The summed E-state index contributed by atoms with van der Waals surface area (Å²) in [5.74, 6) is 0. The third-order valence-corrected chi connectivity index (χ3v) is 11.1. The van der Waals surface area contributed by atoms with Crippen LogP contribution in [0.4, 0.5) is 17.1 Å². The first-order chi connectivity index (χ1) is 25.3. The zero-order valence-electron chi connectivity index (χ0n) is 27.7. The molecule has 0 fully saturated rings. The molecule has 0 aliphatic heterocycles. The first kappa shape index (κ1) is 29.5. The van der Waals surface area contributed by atoms with Gasteiger partial charge in [0.05, 0.1) is 10.4 Å². The molecule has 2 heterocycles. The van der Waals surface area contributed by atoms with E-state index in [-0.39, 0.29) is 0 Å². The molecular weight excluding hydrogens is 639 g/mol. The lowest BCUT2D eigenvalue weighted by Crippen LogP contribution is -2.10. The van der Waals surface area contributed by atoms with Crippen molar-refractivity contribution in [1.82, 2.24) is 0 Å². The van der Waals surface area contributed by atoms with Crippen molar-refractivity contribution in [2.45, 2.75) is 0 Å². The number of hydrogen-bond acceptors (Lipinski definition) is 3. The van der Waals surface area contributed by atoms with E-state index in [1.165, 1.54) is 42.4 Å². The molecule has 240 valence electrons. The summed E-state index contributed by atoms with van der Waals surface area (Å²) in [5, 5.41) is 4.73. The van der Waals surface area contributed by atoms with Crippen molar-refractivity contribution in [1.29, 1.82) is 0 Å². The molecule has 0 N–H and O–H groups in total. The second-order valence-corrected chi connectivity index (χ2v) is 14.0. The SMILES string of the molecule is c1ccc(-c2ccc(N(c3ccc(-c4ccccc4)cc3)c3cccc4c3sc3cc5c(cc34)oc3c(-c4ccccc4)cccc35)cc2)cc1. The first-order valence-corrected chi connectivity index (χ1v) is 18.1. The van der Waals surface area contributed by atoms with Gasteiger partial charge in [0.15, 0.2) is 0 Å². The lowest BCUT2D eigenvalue weighted by Gasteiger charge is -2.26. The molecule has 0 aliphatic carbocycles. The molecule has 0 spiro atoms. The van der Waals surface area contributed by atoms with Gasteiger partial charge in [0.2, 0.25) is 0 Å². The van der Waals surface area contributed by atoms with Gasteiger partial charge in [0, 0.05) is 43.2 Å². The van der Waals surface area contributed by atoms with Crippen LogP contribution in [0.1, 0.15) is 0 Å². The Kier molecular flexibility index (Phi) is 7.04. The predicted octanol–water partition coefficient (Wildman–Crippen LogP) is 14.4. The van der Waals surface area contributed by atoms with Gasteiger partial charge >= 0.3 is 0 Å². The van der Waals surface area contributed by atoms with Gasteiger partial charge in [-0.3, -0.25) is 0 Å². The predicted molar refractivity (Wildman–Crippen MR) is 218 cm³/mol. The number of rotatable bonds is 6. The van der Waals surface area contributed by atoms with Gasteiger partial charge in [-0.1, -0.05) is 146 Å². The molecule has 0 saturated carbocycles. The Morgan fingerprint density at radius 2 is 0.922 bits per heavy atom. The zero-order valence-corrected chi connectivity index (χ0v) is 28.5. The monoisotopic (exact) mass is 669 g/mol. The van der Waals surface area contributed by atoms with Crippen molar-refractivity contribution in [3.63, 3.8) is 0 Å². The van der Waals surface area contributed by atoms with Gasteiger partial charge < -0.3 is 9.32 Å². The van der Waals surface area contributed by atoms with E-state index in [2.05, 4.69) is 193 Å². The normalized spacial score (nSPS) is 11.5. The summed E-state index contributed by atoms with van der Waals surface area (Å²) in [4.78, 5) is 2.40. The Bertz CT molecular complexity index is 2730. The second kappa shape index (κ2) is 12.2. The van der Waals surface area contributed by atoms with Crippen molar-refractivity contribution in [2.24, 2.45) is 0 Å². The Morgan fingerprint density at radius 3 is 1.53 bits per heavy atom. The molecule has 10 aromatic rings. The van der Waals surface area contributed by atoms with E-state index in [0.717, 1.165) is 50.1 Å². The maximum Gasteiger partial charge on any atom is 0.143 e. The molecule has 2 aromatic heterocycles. The van der Waals surface area contributed by atoms with E-state index >= 15 is 0 Å². The van der Waals surface area contributed by atoms with Crippen molar-refractivity contribution < 1.29 is 4.42 Å². The molecule has 3 heteroatoms. The summed E-state index contributed by atoms with van der Waals surface area (Å²) >= 11 is 1.85. The third kappa shape index (κ3) is 5.10. The molecule has 51 heavy (non-hydrogen) atoms. The maximum absolute atomic E-state index is 6.67. The van der Waals surface area contributed by atoms with Crippen molar-refractivity contribution in [3.8, 4) is 33.4 Å². The van der Waals surface area contributed by atoms with Crippen LogP contribution in [0.15, 0.2) is 192 Å². The molecule has 0 saturated heterocycles. The Morgan fingerprint density at radius 1 is 0.392 bits per heavy atom. The molecule has 0 unspecified atom stereocenters. The summed E-state index contributed by atoms with van der Waals surface area (Å²) < 4.78 is 9.16. The van der Waals surface area contributed by atoms with Gasteiger partial charge in [0.25, 0.3) is 0 Å². The maximum atomic E-state index is 6.67. The highest BCUT2D eigenvalue weighted by molar-refractivity contribution is 7.26. The lowest BCUT2D eigenvalue weighted by molar-refractivity contribution is 0.670. The molecule has 0 amide bonds. The van der Waals surface area contributed by atoms with Gasteiger partial charge in [-0.05, 0) is 70.3 Å². The van der Waals surface area contributed by atoms with Crippen molar-refractivity contribution in [2.75, 3.05) is 4.90 Å². The minimum absolute atomic E-state index is 0.913. The molecule has 0 aliphatic rings. The third-order valence-electron chi connectivity index (χ3n) is 9.89. The second-order valence-electron chi connectivity index (χ2n) is 12.9. The minimum atomic E-state index is 0.913. The fraction of sp³-hybridized carbons (Fsp3) is 0. The van der Waals surface area contributed by atoms with Crippen LogP contribution in [-0.2, 0) is 0 Å². The van der Waals surface area contributed by atoms with Crippen LogP contribution in [-0.4, -0.2) is 0 Å². The lowest BCUT2D eigenvalue weighted by atomic mass is 10.0. The summed E-state index contributed by atoms with van der Waals surface area (Å²) in [6.07, 6.45) is 0. The van der Waals surface area contributed by atoms with Gasteiger partial charge in [0.1, 0.15) is 11.2 Å². The number of fused-ring (bicyclic) bond motifs is 6. The van der Waals surface area contributed by atoms with E-state index in [0.29, 0.717) is 0 Å². The highest BCUT2D eigenvalue weighted by atomic mass is 32.1. The number of nitrogens with zero attached hydrogens (tertiary/aromatic N) is 1. The Labute approximate surface area is 300 Å². The highest BCUT2D eigenvalue weighted by Crippen LogP contribution is 2.47. The van der Waals surface area contributed by atoms with Gasteiger partial charge in [-0.2, -0.15) is 0 Å². The van der Waals surface area contributed by atoms with E-state index in [4.69, 9.17) is 4.42 Å². The summed E-state index contributed by atoms with van der Waals surface area (Å²) in [6.45, 7) is 0. The molecule has 0 bridgehead atoms. The van der Waals surface area contributed by atoms with Crippen LogP contribution >= 0.6 is 11.3 Å².